The van der Waals surface area contributed by atoms with E-state index in [4.69, 9.17) is 12.8 Å². The number of rotatable bonds is 0. The fourth-order valence-electron chi connectivity index (χ4n) is 2.18. The summed E-state index contributed by atoms with van der Waals surface area (Å²) in [4.78, 5) is 0. The second-order valence-electron chi connectivity index (χ2n) is 4.26. The lowest BCUT2D eigenvalue weighted by Gasteiger charge is -2.03. The SMILES string of the molecule is C#Cc1ccc2cc3cc(C#C)ccc3cc2c1. The quantitative estimate of drug-likeness (QED) is 0.402. The lowest BCUT2D eigenvalue weighted by molar-refractivity contribution is 1.69. The Morgan fingerprint density at radius 3 is 1.39 bits per heavy atom. The van der Waals surface area contributed by atoms with E-state index >= 15 is 0 Å². The molecule has 0 aliphatic heterocycles. The average Bonchev–Trinajstić information content (AvgIpc) is 2.43. The Labute approximate surface area is 106 Å². The fourth-order valence-corrected chi connectivity index (χ4v) is 2.18. The van der Waals surface area contributed by atoms with Crippen molar-refractivity contribution < 1.29 is 0 Å². The van der Waals surface area contributed by atoms with E-state index in [1.54, 1.807) is 0 Å². The summed E-state index contributed by atoms with van der Waals surface area (Å²) in [6.07, 6.45) is 10.8. The molecular weight excluding hydrogens is 216 g/mol. The van der Waals surface area contributed by atoms with Crippen molar-refractivity contribution in [3.8, 4) is 24.7 Å². The Morgan fingerprint density at radius 2 is 1.00 bits per heavy atom. The van der Waals surface area contributed by atoms with Gasteiger partial charge < -0.3 is 0 Å². The van der Waals surface area contributed by atoms with E-state index in [1.807, 2.05) is 36.4 Å². The Bertz CT molecular complexity index is 766. The molecule has 0 aliphatic carbocycles. The molecular formula is C18H10. The Hall–Kier alpha value is -2.70. The molecule has 0 aliphatic rings. The smallest absolute Gasteiger partial charge is 0.0248 e. The molecule has 0 radical (unpaired) electrons. The topological polar surface area (TPSA) is 0 Å². The van der Waals surface area contributed by atoms with Gasteiger partial charge in [-0.2, -0.15) is 0 Å². The van der Waals surface area contributed by atoms with Gasteiger partial charge in [0.15, 0.2) is 0 Å². The molecule has 0 saturated carbocycles. The van der Waals surface area contributed by atoms with Crippen molar-refractivity contribution in [2.24, 2.45) is 0 Å². The van der Waals surface area contributed by atoms with Crippen molar-refractivity contribution >= 4 is 21.5 Å². The van der Waals surface area contributed by atoms with Gasteiger partial charge in [0.2, 0.25) is 0 Å². The van der Waals surface area contributed by atoms with Crippen molar-refractivity contribution in [2.75, 3.05) is 0 Å². The normalized spacial score (nSPS) is 10.1. The predicted molar refractivity (Wildman–Crippen MR) is 77.3 cm³/mol. The standard InChI is InChI=1S/C18H10/c1-3-13-5-7-15-12-18-10-14(4-2)6-8-16(18)11-17(15)9-13/h1-2,5-12H. The van der Waals surface area contributed by atoms with Crippen molar-refractivity contribution in [1.82, 2.24) is 0 Å². The number of fused-ring (bicyclic) bond motifs is 2. The maximum absolute atomic E-state index is 5.42. The fraction of sp³-hybridized carbons (Fsp3) is 0. The molecule has 0 heterocycles. The van der Waals surface area contributed by atoms with Crippen LogP contribution in [0.5, 0.6) is 0 Å². The van der Waals surface area contributed by atoms with Gasteiger partial charge in [-0.15, -0.1) is 12.8 Å². The number of hydrogen-bond acceptors (Lipinski definition) is 0. The van der Waals surface area contributed by atoms with Crippen molar-refractivity contribution in [3.63, 3.8) is 0 Å². The Morgan fingerprint density at radius 1 is 0.556 bits per heavy atom. The third-order valence-electron chi connectivity index (χ3n) is 3.13. The molecule has 0 saturated heterocycles. The van der Waals surface area contributed by atoms with Crippen LogP contribution < -0.4 is 0 Å². The monoisotopic (exact) mass is 226 g/mol. The zero-order valence-electron chi connectivity index (χ0n) is 9.77. The molecule has 0 spiro atoms. The van der Waals surface area contributed by atoms with E-state index in [0.29, 0.717) is 0 Å². The van der Waals surface area contributed by atoms with E-state index < -0.39 is 0 Å². The van der Waals surface area contributed by atoms with Crippen LogP contribution in [-0.4, -0.2) is 0 Å². The van der Waals surface area contributed by atoms with Crippen LogP contribution in [-0.2, 0) is 0 Å². The Balaban J connectivity index is 2.37. The molecule has 0 bridgehead atoms. The van der Waals surface area contributed by atoms with Crippen LogP contribution in [0.2, 0.25) is 0 Å². The summed E-state index contributed by atoms with van der Waals surface area (Å²) in [5.74, 6) is 5.32. The molecule has 3 aromatic rings. The summed E-state index contributed by atoms with van der Waals surface area (Å²) in [7, 11) is 0. The molecule has 3 rings (SSSR count). The average molecular weight is 226 g/mol. The summed E-state index contributed by atoms with van der Waals surface area (Å²) in [5, 5.41) is 4.67. The van der Waals surface area contributed by atoms with Crippen LogP contribution in [0.1, 0.15) is 11.1 Å². The first-order chi connectivity index (χ1) is 8.80. The minimum atomic E-state index is 0.905. The molecule has 0 amide bonds. The van der Waals surface area contributed by atoms with E-state index in [-0.39, 0.29) is 0 Å². The molecule has 0 nitrogen and oxygen atoms in total. The number of terminal acetylenes is 2. The van der Waals surface area contributed by atoms with Gasteiger partial charge in [0.1, 0.15) is 0 Å². The summed E-state index contributed by atoms with van der Waals surface area (Å²) >= 11 is 0. The molecule has 0 aromatic heterocycles. The van der Waals surface area contributed by atoms with Gasteiger partial charge in [-0.3, -0.25) is 0 Å². The lowest BCUT2D eigenvalue weighted by atomic mass is 10.0. The minimum absolute atomic E-state index is 0.905. The number of hydrogen-bond donors (Lipinski definition) is 0. The second kappa shape index (κ2) is 3.95. The Kier molecular flexibility index (Phi) is 2.30. The molecule has 0 heteroatoms. The van der Waals surface area contributed by atoms with E-state index in [9.17, 15) is 0 Å². The molecule has 82 valence electrons. The van der Waals surface area contributed by atoms with Gasteiger partial charge in [0.05, 0.1) is 0 Å². The number of benzene rings is 3. The van der Waals surface area contributed by atoms with E-state index in [0.717, 1.165) is 21.9 Å². The van der Waals surface area contributed by atoms with E-state index in [2.05, 4.69) is 24.0 Å². The second-order valence-corrected chi connectivity index (χ2v) is 4.26. The summed E-state index contributed by atoms with van der Waals surface area (Å²) in [6, 6.07) is 16.4. The van der Waals surface area contributed by atoms with Crippen LogP contribution in [0.4, 0.5) is 0 Å². The first-order valence-electron chi connectivity index (χ1n) is 5.71. The van der Waals surface area contributed by atoms with Crippen LogP contribution in [0.15, 0.2) is 48.5 Å². The summed E-state index contributed by atoms with van der Waals surface area (Å²) in [6.45, 7) is 0. The highest BCUT2D eigenvalue weighted by Gasteiger charge is 2.00. The minimum Gasteiger partial charge on any atom is -0.115 e. The zero-order valence-corrected chi connectivity index (χ0v) is 9.77. The van der Waals surface area contributed by atoms with Crippen molar-refractivity contribution in [2.45, 2.75) is 0 Å². The highest BCUT2D eigenvalue weighted by atomic mass is 14.0. The van der Waals surface area contributed by atoms with Gasteiger partial charge in [-0.25, -0.2) is 0 Å². The van der Waals surface area contributed by atoms with Crippen molar-refractivity contribution in [3.05, 3.63) is 59.7 Å². The molecule has 3 aromatic carbocycles. The van der Waals surface area contributed by atoms with Crippen molar-refractivity contribution in [1.29, 1.82) is 0 Å². The van der Waals surface area contributed by atoms with E-state index in [1.165, 1.54) is 10.8 Å². The highest BCUT2D eigenvalue weighted by molar-refractivity contribution is 5.99. The maximum Gasteiger partial charge on any atom is 0.0248 e. The molecule has 0 atom stereocenters. The molecule has 0 fully saturated rings. The molecule has 0 N–H and O–H groups in total. The van der Waals surface area contributed by atoms with Gasteiger partial charge in [0.25, 0.3) is 0 Å². The summed E-state index contributed by atoms with van der Waals surface area (Å²) in [5.41, 5.74) is 1.81. The first kappa shape index (κ1) is 10.5. The lowest BCUT2D eigenvalue weighted by Crippen LogP contribution is -1.80. The van der Waals surface area contributed by atoms with Crippen LogP contribution in [0, 0.1) is 24.7 Å². The largest absolute Gasteiger partial charge is 0.115 e. The zero-order chi connectivity index (χ0) is 12.5. The highest BCUT2D eigenvalue weighted by Crippen LogP contribution is 2.24. The first-order valence-corrected chi connectivity index (χ1v) is 5.71. The van der Waals surface area contributed by atoms with Gasteiger partial charge in [0, 0.05) is 11.1 Å². The third-order valence-corrected chi connectivity index (χ3v) is 3.13. The summed E-state index contributed by atoms with van der Waals surface area (Å²) < 4.78 is 0. The van der Waals surface area contributed by atoms with Crippen LogP contribution in [0.3, 0.4) is 0 Å². The van der Waals surface area contributed by atoms with Gasteiger partial charge in [-0.05, 0) is 57.9 Å². The molecule has 18 heavy (non-hydrogen) atoms. The van der Waals surface area contributed by atoms with Gasteiger partial charge in [-0.1, -0.05) is 24.0 Å². The molecule has 0 unspecified atom stereocenters. The van der Waals surface area contributed by atoms with Gasteiger partial charge >= 0.3 is 0 Å². The van der Waals surface area contributed by atoms with Crippen LogP contribution >= 0.6 is 0 Å². The maximum atomic E-state index is 5.42. The van der Waals surface area contributed by atoms with Crippen LogP contribution in [0.25, 0.3) is 21.5 Å². The predicted octanol–water partition coefficient (Wildman–Crippen LogP) is 3.96. The third kappa shape index (κ3) is 1.61.